The lowest BCUT2D eigenvalue weighted by molar-refractivity contribution is 0.0632. The number of nitrogens with zero attached hydrogens (tertiary/aromatic N) is 2. The highest BCUT2D eigenvalue weighted by molar-refractivity contribution is 8.13. The van der Waals surface area contributed by atoms with Crippen LogP contribution in [0.1, 0.15) is 17.9 Å². The van der Waals surface area contributed by atoms with E-state index in [4.69, 9.17) is 15.4 Å². The molecule has 9 heteroatoms. The molecule has 0 radical (unpaired) electrons. The molecule has 2 aromatic rings. The first-order chi connectivity index (χ1) is 9.79. The van der Waals surface area contributed by atoms with E-state index >= 15 is 0 Å². The summed E-state index contributed by atoms with van der Waals surface area (Å²) in [7, 11) is 1.41. The molecule has 0 aliphatic rings. The molecule has 0 atom stereocenters. The highest BCUT2D eigenvalue weighted by atomic mass is 35.7. The van der Waals surface area contributed by atoms with Crippen LogP contribution in [0.25, 0.3) is 0 Å². The van der Waals surface area contributed by atoms with Gasteiger partial charge >= 0.3 is 6.55 Å². The molecule has 1 aromatic heterocycles. The molecule has 21 heavy (non-hydrogen) atoms. The van der Waals surface area contributed by atoms with Crippen molar-refractivity contribution in [3.05, 3.63) is 42.0 Å². The number of aromatic nitrogens is 2. The second-order valence-electron chi connectivity index (χ2n) is 4.18. The molecule has 114 valence electrons. The van der Waals surface area contributed by atoms with E-state index in [0.717, 1.165) is 6.20 Å². The van der Waals surface area contributed by atoms with Crippen LogP contribution < -0.4 is 4.74 Å². The molecule has 0 N–H and O–H groups in total. The third-order valence-electron chi connectivity index (χ3n) is 2.74. The van der Waals surface area contributed by atoms with Gasteiger partial charge in [-0.2, -0.15) is 8.78 Å². The first kappa shape index (κ1) is 15.7. The minimum Gasteiger partial charge on any atom is -0.485 e. The van der Waals surface area contributed by atoms with E-state index < -0.39 is 15.6 Å². The highest BCUT2D eigenvalue weighted by Crippen LogP contribution is 2.24. The zero-order valence-electron chi connectivity index (χ0n) is 10.8. The summed E-state index contributed by atoms with van der Waals surface area (Å²) in [5.41, 5.74) is 0.520. The Morgan fingerprint density at radius 3 is 2.71 bits per heavy atom. The fraction of sp³-hybridized carbons (Fsp3) is 0.250. The van der Waals surface area contributed by atoms with E-state index in [2.05, 4.69) is 4.98 Å². The predicted octanol–water partition coefficient (Wildman–Crippen LogP) is 3.09. The van der Waals surface area contributed by atoms with Gasteiger partial charge in [-0.15, -0.1) is 0 Å². The molecule has 0 bridgehead atoms. The van der Waals surface area contributed by atoms with Gasteiger partial charge in [-0.3, -0.25) is 4.57 Å². The van der Waals surface area contributed by atoms with Crippen LogP contribution in [0.3, 0.4) is 0 Å². The van der Waals surface area contributed by atoms with Crippen LogP contribution in [-0.4, -0.2) is 18.0 Å². The minimum atomic E-state index is -3.82. The van der Waals surface area contributed by atoms with E-state index in [1.165, 1.54) is 24.4 Å². The first-order valence-corrected chi connectivity index (χ1v) is 8.08. The fourth-order valence-electron chi connectivity index (χ4n) is 1.71. The summed E-state index contributed by atoms with van der Waals surface area (Å²) < 4.78 is 53.7. The largest absolute Gasteiger partial charge is 0.485 e. The molecule has 0 spiro atoms. The smallest absolute Gasteiger partial charge is 0.320 e. The van der Waals surface area contributed by atoms with Gasteiger partial charge in [0.2, 0.25) is 0 Å². The van der Waals surface area contributed by atoms with Gasteiger partial charge in [0.05, 0.1) is 4.90 Å². The van der Waals surface area contributed by atoms with Crippen LogP contribution in [0.4, 0.5) is 8.78 Å². The average Bonchev–Trinajstić information content (AvgIpc) is 2.84. The Kier molecular flexibility index (Phi) is 4.48. The summed E-state index contributed by atoms with van der Waals surface area (Å²) in [4.78, 5) is 3.73. The lowest BCUT2D eigenvalue weighted by atomic mass is 10.2. The molecule has 0 fully saturated rings. The van der Waals surface area contributed by atoms with Gasteiger partial charge in [0.25, 0.3) is 9.05 Å². The van der Waals surface area contributed by atoms with Gasteiger partial charge in [0.15, 0.2) is 5.82 Å². The van der Waals surface area contributed by atoms with E-state index in [1.807, 2.05) is 0 Å². The van der Waals surface area contributed by atoms with Crippen molar-refractivity contribution in [2.45, 2.75) is 25.0 Å². The third kappa shape index (κ3) is 3.70. The molecule has 5 nitrogen and oxygen atoms in total. The normalized spacial score (nSPS) is 11.9. The van der Waals surface area contributed by atoms with Crippen molar-refractivity contribution in [2.24, 2.45) is 0 Å². The van der Waals surface area contributed by atoms with Gasteiger partial charge < -0.3 is 4.74 Å². The average molecular weight is 337 g/mol. The number of rotatable bonds is 5. The summed E-state index contributed by atoms with van der Waals surface area (Å²) in [6.45, 7) is -1.23. The van der Waals surface area contributed by atoms with Crippen molar-refractivity contribution in [1.82, 2.24) is 9.55 Å². The molecule has 2 rings (SSSR count). The second kappa shape index (κ2) is 5.98. The number of ether oxygens (including phenoxy) is 1. The Morgan fingerprint density at radius 2 is 2.14 bits per heavy atom. The maximum Gasteiger partial charge on any atom is 0.320 e. The topological polar surface area (TPSA) is 61.2 Å². The van der Waals surface area contributed by atoms with Gasteiger partial charge in [-0.25, -0.2) is 13.4 Å². The zero-order chi connectivity index (χ0) is 15.6. The van der Waals surface area contributed by atoms with E-state index in [-0.39, 0.29) is 17.3 Å². The van der Waals surface area contributed by atoms with Gasteiger partial charge in [-0.05, 0) is 30.7 Å². The SMILES string of the molecule is Cc1cc(S(=O)(=O)Cl)ccc1OCc1nccn1C(F)F. The Labute approximate surface area is 124 Å². The molecule has 0 unspecified atom stereocenters. The Hall–Kier alpha value is -1.67. The molecular weight excluding hydrogens is 326 g/mol. The number of halogens is 3. The monoisotopic (exact) mass is 336 g/mol. The van der Waals surface area contributed by atoms with Crippen LogP contribution in [-0.2, 0) is 15.7 Å². The molecule has 0 aliphatic carbocycles. The maximum absolute atomic E-state index is 12.6. The molecule has 0 aliphatic heterocycles. The third-order valence-corrected chi connectivity index (χ3v) is 4.10. The van der Waals surface area contributed by atoms with Crippen molar-refractivity contribution in [3.8, 4) is 5.75 Å². The molecular formula is C12H11ClF2N2O3S. The van der Waals surface area contributed by atoms with Gasteiger partial charge in [0.1, 0.15) is 12.4 Å². The molecule has 0 saturated heterocycles. The van der Waals surface area contributed by atoms with Crippen LogP contribution in [0.15, 0.2) is 35.5 Å². The summed E-state index contributed by atoms with van der Waals surface area (Å²) in [6, 6.07) is 4.04. The number of imidazole rings is 1. The molecule has 0 amide bonds. The second-order valence-corrected chi connectivity index (χ2v) is 6.75. The Balaban J connectivity index is 2.16. The minimum absolute atomic E-state index is 0.0527. The van der Waals surface area contributed by atoms with E-state index in [9.17, 15) is 17.2 Å². The van der Waals surface area contributed by atoms with Crippen molar-refractivity contribution in [2.75, 3.05) is 0 Å². The van der Waals surface area contributed by atoms with Gasteiger partial charge in [0, 0.05) is 23.1 Å². The maximum atomic E-state index is 12.6. The van der Waals surface area contributed by atoms with Crippen LogP contribution >= 0.6 is 10.7 Å². The van der Waals surface area contributed by atoms with Crippen molar-refractivity contribution < 1.29 is 21.9 Å². The van der Waals surface area contributed by atoms with Crippen molar-refractivity contribution in [1.29, 1.82) is 0 Å². The molecule has 0 saturated carbocycles. The fourth-order valence-corrected chi connectivity index (χ4v) is 2.55. The number of hydrogen-bond acceptors (Lipinski definition) is 4. The summed E-state index contributed by atoms with van der Waals surface area (Å²) >= 11 is 0. The Bertz CT molecular complexity index is 747. The lowest BCUT2D eigenvalue weighted by Gasteiger charge is -2.11. The number of aryl methyl sites for hydroxylation is 1. The molecule has 1 aromatic carbocycles. The van der Waals surface area contributed by atoms with Crippen molar-refractivity contribution in [3.63, 3.8) is 0 Å². The van der Waals surface area contributed by atoms with Crippen LogP contribution in [0.5, 0.6) is 5.75 Å². The lowest BCUT2D eigenvalue weighted by Crippen LogP contribution is -2.07. The summed E-state index contributed by atoms with van der Waals surface area (Å²) in [5.74, 6) is 0.432. The van der Waals surface area contributed by atoms with Crippen molar-refractivity contribution >= 4 is 19.7 Å². The summed E-state index contributed by atoms with van der Waals surface area (Å²) in [5, 5.41) is 0. The molecule has 1 heterocycles. The zero-order valence-corrected chi connectivity index (χ0v) is 12.4. The highest BCUT2D eigenvalue weighted by Gasteiger charge is 2.14. The van der Waals surface area contributed by atoms with Crippen LogP contribution in [0.2, 0.25) is 0 Å². The number of alkyl halides is 2. The van der Waals surface area contributed by atoms with Crippen LogP contribution in [0, 0.1) is 6.92 Å². The van der Waals surface area contributed by atoms with Gasteiger partial charge in [-0.1, -0.05) is 0 Å². The summed E-state index contributed by atoms with van der Waals surface area (Å²) in [6.07, 6.45) is 2.40. The Morgan fingerprint density at radius 1 is 1.43 bits per heavy atom. The van der Waals surface area contributed by atoms with E-state index in [0.29, 0.717) is 15.9 Å². The number of benzene rings is 1. The predicted molar refractivity (Wildman–Crippen MR) is 72.0 cm³/mol. The quantitative estimate of drug-likeness (QED) is 0.787. The van der Waals surface area contributed by atoms with E-state index in [1.54, 1.807) is 6.92 Å². The standard InChI is InChI=1S/C12H11ClF2N2O3S/c1-8-6-9(21(13,18)19)2-3-10(8)20-7-11-16-4-5-17(11)12(14)15/h2-6,12H,7H2,1H3. The number of hydrogen-bond donors (Lipinski definition) is 0. The first-order valence-electron chi connectivity index (χ1n) is 5.77.